The number of carbonyl (C=O) groups excluding carboxylic acids is 2. The molecule has 0 aromatic heterocycles. The summed E-state index contributed by atoms with van der Waals surface area (Å²) in [5.41, 5.74) is 1.99. The molecule has 2 aromatic rings. The van der Waals surface area contributed by atoms with Gasteiger partial charge in [0.25, 0.3) is 0 Å². The number of benzene rings is 2. The number of amides is 2. The Hall–Kier alpha value is -3.08. The quantitative estimate of drug-likeness (QED) is 0.484. The summed E-state index contributed by atoms with van der Waals surface area (Å²) in [7, 11) is 0. The van der Waals surface area contributed by atoms with Crippen molar-refractivity contribution < 1.29 is 14.3 Å². The van der Waals surface area contributed by atoms with Gasteiger partial charge in [-0.15, -0.1) is 6.58 Å². The van der Waals surface area contributed by atoms with Gasteiger partial charge in [0, 0.05) is 12.6 Å². The first-order valence-corrected chi connectivity index (χ1v) is 10.5. The summed E-state index contributed by atoms with van der Waals surface area (Å²) in [6, 6.07) is 19.1. The summed E-state index contributed by atoms with van der Waals surface area (Å²) >= 11 is 0. The van der Waals surface area contributed by atoms with Crippen LogP contribution in [0, 0.1) is 11.8 Å². The zero-order valence-corrected chi connectivity index (χ0v) is 17.7. The molecule has 1 aliphatic rings. The molecule has 2 aromatic carbocycles. The largest absolute Gasteiger partial charge is 0.445 e. The minimum absolute atomic E-state index is 0.0393. The molecular formula is C25H30N2O3. The van der Waals surface area contributed by atoms with E-state index < -0.39 is 6.09 Å². The second kappa shape index (κ2) is 10.1. The molecule has 0 spiro atoms. The number of carbonyl (C=O) groups is 2. The topological polar surface area (TPSA) is 58.6 Å². The van der Waals surface area contributed by atoms with Gasteiger partial charge in [0.1, 0.15) is 6.61 Å². The van der Waals surface area contributed by atoms with E-state index in [4.69, 9.17) is 4.74 Å². The monoisotopic (exact) mass is 406 g/mol. The molecule has 1 unspecified atom stereocenters. The molecule has 1 N–H and O–H groups in total. The molecule has 5 heteroatoms. The van der Waals surface area contributed by atoms with Gasteiger partial charge in [-0.2, -0.15) is 0 Å². The smallest absolute Gasteiger partial charge is 0.407 e. The van der Waals surface area contributed by atoms with E-state index in [1.54, 1.807) is 6.08 Å². The van der Waals surface area contributed by atoms with Crippen LogP contribution in [0.2, 0.25) is 0 Å². The molecule has 1 aliphatic heterocycles. The minimum atomic E-state index is -0.495. The third-order valence-corrected chi connectivity index (χ3v) is 5.85. The van der Waals surface area contributed by atoms with Crippen LogP contribution < -0.4 is 5.32 Å². The van der Waals surface area contributed by atoms with Gasteiger partial charge in [-0.1, -0.05) is 87.0 Å². The van der Waals surface area contributed by atoms with E-state index in [9.17, 15) is 9.59 Å². The Labute approximate surface area is 178 Å². The second-order valence-corrected chi connectivity index (χ2v) is 7.78. The van der Waals surface area contributed by atoms with Gasteiger partial charge in [-0.05, 0) is 17.0 Å². The highest BCUT2D eigenvalue weighted by Crippen LogP contribution is 2.43. The van der Waals surface area contributed by atoms with Crippen LogP contribution in [0.1, 0.15) is 37.4 Å². The molecule has 30 heavy (non-hydrogen) atoms. The van der Waals surface area contributed by atoms with Crippen LogP contribution in [-0.2, 0) is 16.1 Å². The number of ether oxygens (including phenoxy) is 1. The Morgan fingerprint density at radius 2 is 1.80 bits per heavy atom. The SMILES string of the molecule is C=CCN1C(=O)[C@H]([C@@H](NC(=O)OCc2ccccc2)C(C)CC)[C@H]1c1ccccc1. The maximum absolute atomic E-state index is 13.0. The van der Waals surface area contributed by atoms with Crippen molar-refractivity contribution in [2.45, 2.75) is 39.0 Å². The fraction of sp³-hybridized carbons (Fsp3) is 0.360. The van der Waals surface area contributed by atoms with Crippen molar-refractivity contribution in [1.29, 1.82) is 0 Å². The number of rotatable bonds is 9. The Morgan fingerprint density at radius 1 is 1.17 bits per heavy atom. The lowest BCUT2D eigenvalue weighted by Gasteiger charge is -2.51. The van der Waals surface area contributed by atoms with Gasteiger partial charge in [0.2, 0.25) is 5.91 Å². The highest BCUT2D eigenvalue weighted by atomic mass is 16.5. The Balaban J connectivity index is 1.76. The standard InChI is InChI=1S/C25H30N2O3/c1-4-16-27-23(20-14-10-7-11-15-20)21(24(27)28)22(18(3)5-2)26-25(29)30-17-19-12-8-6-9-13-19/h4,6-15,18,21-23H,1,5,16-17H2,2-3H3,(H,26,29)/t18?,21-,22+,23-/m1/s1. The molecule has 4 atom stereocenters. The van der Waals surface area contributed by atoms with Crippen LogP contribution in [0.4, 0.5) is 4.79 Å². The van der Waals surface area contributed by atoms with Gasteiger partial charge in [-0.25, -0.2) is 4.79 Å². The van der Waals surface area contributed by atoms with Gasteiger partial charge >= 0.3 is 6.09 Å². The fourth-order valence-corrected chi connectivity index (χ4v) is 4.05. The van der Waals surface area contributed by atoms with Crippen LogP contribution in [0.15, 0.2) is 73.3 Å². The van der Waals surface area contributed by atoms with E-state index >= 15 is 0 Å². The first kappa shape index (κ1) is 21.6. The van der Waals surface area contributed by atoms with Crippen molar-refractivity contribution >= 4 is 12.0 Å². The third-order valence-electron chi connectivity index (χ3n) is 5.85. The molecule has 158 valence electrons. The van der Waals surface area contributed by atoms with Crippen molar-refractivity contribution in [2.24, 2.45) is 11.8 Å². The van der Waals surface area contributed by atoms with Crippen molar-refractivity contribution in [2.75, 3.05) is 6.54 Å². The summed E-state index contributed by atoms with van der Waals surface area (Å²) in [5.74, 6) is -0.163. The number of hydrogen-bond acceptors (Lipinski definition) is 3. The van der Waals surface area contributed by atoms with E-state index in [0.717, 1.165) is 17.5 Å². The van der Waals surface area contributed by atoms with E-state index in [1.165, 1.54) is 0 Å². The maximum atomic E-state index is 13.0. The van der Waals surface area contributed by atoms with Crippen molar-refractivity contribution in [1.82, 2.24) is 10.2 Å². The molecule has 0 saturated carbocycles. The summed E-state index contributed by atoms with van der Waals surface area (Å²) in [6.45, 7) is 8.60. The zero-order valence-electron chi connectivity index (χ0n) is 17.7. The third kappa shape index (κ3) is 4.73. The average Bonchev–Trinajstić information content (AvgIpc) is 2.79. The minimum Gasteiger partial charge on any atom is -0.445 e. The van der Waals surface area contributed by atoms with Crippen LogP contribution >= 0.6 is 0 Å². The van der Waals surface area contributed by atoms with Crippen molar-refractivity contribution in [3.05, 3.63) is 84.4 Å². The van der Waals surface area contributed by atoms with E-state index in [0.29, 0.717) is 6.54 Å². The second-order valence-electron chi connectivity index (χ2n) is 7.78. The summed E-state index contributed by atoms with van der Waals surface area (Å²) < 4.78 is 5.43. The lowest BCUT2D eigenvalue weighted by atomic mass is 9.73. The van der Waals surface area contributed by atoms with Crippen LogP contribution in [-0.4, -0.2) is 29.5 Å². The van der Waals surface area contributed by atoms with Crippen molar-refractivity contribution in [3.63, 3.8) is 0 Å². The number of β-lactam (4-membered cyclic amide) rings is 1. The van der Waals surface area contributed by atoms with Gasteiger partial charge < -0.3 is 15.0 Å². The highest BCUT2D eigenvalue weighted by Gasteiger charge is 2.52. The summed E-state index contributed by atoms with van der Waals surface area (Å²) in [4.78, 5) is 27.4. The molecule has 0 radical (unpaired) electrons. The molecule has 0 bridgehead atoms. The molecule has 0 aliphatic carbocycles. The number of likely N-dealkylation sites (tertiary alicyclic amines) is 1. The van der Waals surface area contributed by atoms with Crippen LogP contribution in [0.25, 0.3) is 0 Å². The Kier molecular flexibility index (Phi) is 7.28. The number of nitrogens with one attached hydrogen (secondary N) is 1. The highest BCUT2D eigenvalue weighted by molar-refractivity contribution is 5.88. The molecule has 5 nitrogen and oxygen atoms in total. The molecule has 3 rings (SSSR count). The fourth-order valence-electron chi connectivity index (χ4n) is 4.05. The average molecular weight is 407 g/mol. The van der Waals surface area contributed by atoms with Gasteiger partial charge in [0.05, 0.1) is 12.0 Å². The first-order valence-electron chi connectivity index (χ1n) is 10.5. The number of alkyl carbamates (subject to hydrolysis) is 1. The van der Waals surface area contributed by atoms with Gasteiger partial charge in [-0.3, -0.25) is 4.79 Å². The van der Waals surface area contributed by atoms with Crippen molar-refractivity contribution in [3.8, 4) is 0 Å². The molecular weight excluding hydrogens is 376 g/mol. The number of hydrogen-bond donors (Lipinski definition) is 1. The predicted octanol–water partition coefficient (Wildman–Crippen LogP) is 4.71. The maximum Gasteiger partial charge on any atom is 0.407 e. The van der Waals surface area contributed by atoms with Crippen LogP contribution in [0.5, 0.6) is 0 Å². The Morgan fingerprint density at radius 3 is 2.40 bits per heavy atom. The van der Waals surface area contributed by atoms with E-state index in [2.05, 4.69) is 25.7 Å². The van der Waals surface area contributed by atoms with E-state index in [1.807, 2.05) is 65.6 Å². The Bertz CT molecular complexity index is 853. The summed E-state index contributed by atoms with van der Waals surface area (Å²) in [6.07, 6.45) is 2.09. The summed E-state index contributed by atoms with van der Waals surface area (Å²) in [5, 5.41) is 3.00. The lowest BCUT2D eigenvalue weighted by molar-refractivity contribution is -0.159. The number of nitrogens with zero attached hydrogens (tertiary/aromatic N) is 1. The first-order chi connectivity index (χ1) is 14.6. The zero-order chi connectivity index (χ0) is 21.5. The lowest BCUT2D eigenvalue weighted by Crippen LogP contribution is -2.63. The molecule has 2 amide bonds. The molecule has 1 fully saturated rings. The molecule has 1 saturated heterocycles. The van der Waals surface area contributed by atoms with Gasteiger partial charge in [0.15, 0.2) is 0 Å². The normalized spacial score (nSPS) is 20.1. The molecule has 1 heterocycles. The van der Waals surface area contributed by atoms with E-state index in [-0.39, 0.29) is 36.4 Å². The predicted molar refractivity (Wildman–Crippen MR) is 118 cm³/mol. The van der Waals surface area contributed by atoms with Crippen LogP contribution in [0.3, 0.4) is 0 Å².